The molecule has 0 atom stereocenters. The van der Waals surface area contributed by atoms with Crippen molar-refractivity contribution in [1.29, 1.82) is 0 Å². The molecule has 76 valence electrons. The molecule has 0 radical (unpaired) electrons. The van der Waals surface area contributed by atoms with E-state index in [1.165, 1.54) is 0 Å². The second kappa shape index (κ2) is 4.77. The molecule has 1 aliphatic rings. The van der Waals surface area contributed by atoms with Crippen molar-refractivity contribution in [2.24, 2.45) is 5.41 Å². The van der Waals surface area contributed by atoms with Crippen LogP contribution in [0.3, 0.4) is 0 Å². The van der Waals surface area contributed by atoms with Crippen molar-refractivity contribution >= 4 is 0 Å². The van der Waals surface area contributed by atoms with Gasteiger partial charge in [-0.25, -0.2) is 0 Å². The molecule has 0 unspecified atom stereocenters. The zero-order valence-electron chi connectivity index (χ0n) is 8.79. The van der Waals surface area contributed by atoms with E-state index >= 15 is 0 Å². The summed E-state index contributed by atoms with van der Waals surface area (Å²) >= 11 is 0. The molecule has 0 aliphatic carbocycles. The first-order valence-electron chi connectivity index (χ1n) is 5.12. The van der Waals surface area contributed by atoms with Crippen LogP contribution in [0.2, 0.25) is 0 Å². The topological polar surface area (TPSA) is 23.5 Å². The Morgan fingerprint density at radius 1 is 1.31 bits per heavy atom. The molecule has 1 rings (SSSR count). The third-order valence-electron chi connectivity index (χ3n) is 2.56. The quantitative estimate of drug-likeness (QED) is 0.655. The predicted molar refractivity (Wildman–Crippen MR) is 55.7 cm³/mol. The number of hydrogen-bond acceptors (Lipinski definition) is 2. The fourth-order valence-corrected chi connectivity index (χ4v) is 1.89. The van der Waals surface area contributed by atoms with E-state index in [1.54, 1.807) is 0 Å². The van der Waals surface area contributed by atoms with Crippen LogP contribution in [0.1, 0.15) is 26.7 Å². The number of rotatable bonds is 5. The first-order valence-corrected chi connectivity index (χ1v) is 5.12. The summed E-state index contributed by atoms with van der Waals surface area (Å²) in [5.74, 6) is 0. The fourth-order valence-electron chi connectivity index (χ4n) is 1.89. The maximum Gasteiger partial charge on any atom is 0.0431 e. The van der Waals surface area contributed by atoms with Crippen LogP contribution < -0.4 is 0 Å². The van der Waals surface area contributed by atoms with Gasteiger partial charge in [-0.15, -0.1) is 0 Å². The van der Waals surface area contributed by atoms with Gasteiger partial charge in [0.25, 0.3) is 0 Å². The van der Waals surface area contributed by atoms with Crippen molar-refractivity contribution < 1.29 is 5.11 Å². The molecule has 0 fully saturated rings. The Morgan fingerprint density at radius 2 is 1.92 bits per heavy atom. The minimum Gasteiger partial charge on any atom is -0.396 e. The van der Waals surface area contributed by atoms with Gasteiger partial charge in [-0.3, -0.25) is 4.90 Å². The van der Waals surface area contributed by atoms with Crippen molar-refractivity contribution in [2.45, 2.75) is 26.7 Å². The van der Waals surface area contributed by atoms with Crippen molar-refractivity contribution in [1.82, 2.24) is 4.90 Å². The van der Waals surface area contributed by atoms with Gasteiger partial charge in [0, 0.05) is 26.2 Å². The van der Waals surface area contributed by atoms with Crippen molar-refractivity contribution in [3.8, 4) is 0 Å². The highest BCUT2D eigenvalue weighted by molar-refractivity contribution is 4.96. The lowest BCUT2D eigenvalue weighted by Crippen LogP contribution is -2.32. The summed E-state index contributed by atoms with van der Waals surface area (Å²) in [6.07, 6.45) is 6.48. The lowest BCUT2D eigenvalue weighted by Gasteiger charge is -2.29. The largest absolute Gasteiger partial charge is 0.396 e. The summed E-state index contributed by atoms with van der Waals surface area (Å²) in [5.41, 5.74) is 0.342. The minimum atomic E-state index is 0.321. The molecule has 0 bridgehead atoms. The van der Waals surface area contributed by atoms with E-state index < -0.39 is 0 Å². The van der Waals surface area contributed by atoms with Gasteiger partial charge in [0.05, 0.1) is 0 Å². The van der Waals surface area contributed by atoms with Gasteiger partial charge in [0.15, 0.2) is 0 Å². The molecule has 2 nitrogen and oxygen atoms in total. The third kappa shape index (κ3) is 3.92. The fraction of sp³-hybridized carbons (Fsp3) is 0.818. The van der Waals surface area contributed by atoms with Crippen LogP contribution >= 0.6 is 0 Å². The molecule has 1 N–H and O–H groups in total. The Hall–Kier alpha value is -0.340. The van der Waals surface area contributed by atoms with Gasteiger partial charge < -0.3 is 5.11 Å². The smallest absolute Gasteiger partial charge is 0.0431 e. The number of aliphatic hydroxyl groups excluding tert-OH is 1. The van der Waals surface area contributed by atoms with E-state index in [9.17, 15) is 0 Å². The highest BCUT2D eigenvalue weighted by Crippen LogP contribution is 2.24. The lowest BCUT2D eigenvalue weighted by atomic mass is 9.87. The summed E-state index contributed by atoms with van der Waals surface area (Å²) in [6.45, 7) is 8.22. The molecule has 0 amide bonds. The molecule has 0 aromatic carbocycles. The van der Waals surface area contributed by atoms with E-state index in [0.29, 0.717) is 12.0 Å². The van der Waals surface area contributed by atoms with Gasteiger partial charge in [-0.1, -0.05) is 26.0 Å². The number of nitrogens with zero attached hydrogens (tertiary/aromatic N) is 1. The van der Waals surface area contributed by atoms with E-state index in [-0.39, 0.29) is 0 Å². The standard InChI is InChI=1S/C11H21NO/c1-11(2,6-5-9-13)10-12-7-3-4-8-12/h3-4,13H,5-10H2,1-2H3. The second-order valence-corrected chi connectivity index (χ2v) is 4.66. The molecule has 1 heterocycles. The first kappa shape index (κ1) is 10.7. The third-order valence-corrected chi connectivity index (χ3v) is 2.56. The van der Waals surface area contributed by atoms with Gasteiger partial charge in [-0.2, -0.15) is 0 Å². The molecule has 0 spiro atoms. The average molecular weight is 183 g/mol. The molecule has 2 heteroatoms. The Balaban J connectivity index is 2.24. The van der Waals surface area contributed by atoms with Crippen LogP contribution in [0.25, 0.3) is 0 Å². The Morgan fingerprint density at radius 3 is 2.46 bits per heavy atom. The normalized spacial score (nSPS) is 18.4. The molecule has 1 aliphatic heterocycles. The number of aliphatic hydroxyl groups is 1. The summed E-state index contributed by atoms with van der Waals surface area (Å²) < 4.78 is 0. The Bertz CT molecular complexity index is 167. The molecule has 0 saturated heterocycles. The van der Waals surface area contributed by atoms with Crippen LogP contribution in [0.15, 0.2) is 12.2 Å². The average Bonchev–Trinajstić information content (AvgIpc) is 2.52. The van der Waals surface area contributed by atoms with Crippen LogP contribution in [0, 0.1) is 5.41 Å². The van der Waals surface area contributed by atoms with Crippen LogP contribution in [0.4, 0.5) is 0 Å². The maximum atomic E-state index is 8.76. The predicted octanol–water partition coefficient (Wildman–Crippen LogP) is 1.66. The molecular weight excluding hydrogens is 162 g/mol. The summed E-state index contributed by atoms with van der Waals surface area (Å²) in [7, 11) is 0. The maximum absolute atomic E-state index is 8.76. The highest BCUT2D eigenvalue weighted by Gasteiger charge is 2.21. The van der Waals surface area contributed by atoms with Crippen LogP contribution in [0.5, 0.6) is 0 Å². The summed E-state index contributed by atoms with van der Waals surface area (Å²) in [4.78, 5) is 2.44. The highest BCUT2D eigenvalue weighted by atomic mass is 16.2. The van der Waals surface area contributed by atoms with Crippen molar-refractivity contribution in [3.05, 3.63) is 12.2 Å². The SMILES string of the molecule is CC(C)(CCCO)CN1CC=CC1. The zero-order valence-corrected chi connectivity index (χ0v) is 8.79. The minimum absolute atomic E-state index is 0.321. The molecule has 13 heavy (non-hydrogen) atoms. The molecule has 0 aromatic heterocycles. The molecule has 0 saturated carbocycles. The van der Waals surface area contributed by atoms with E-state index in [2.05, 4.69) is 30.9 Å². The van der Waals surface area contributed by atoms with Crippen molar-refractivity contribution in [3.63, 3.8) is 0 Å². The number of hydrogen-bond donors (Lipinski definition) is 1. The Kier molecular flexibility index (Phi) is 3.94. The van der Waals surface area contributed by atoms with Crippen LogP contribution in [-0.4, -0.2) is 36.2 Å². The van der Waals surface area contributed by atoms with Gasteiger partial charge >= 0.3 is 0 Å². The van der Waals surface area contributed by atoms with Gasteiger partial charge in [0.1, 0.15) is 0 Å². The summed E-state index contributed by atoms with van der Waals surface area (Å²) in [5, 5.41) is 8.76. The second-order valence-electron chi connectivity index (χ2n) is 4.66. The lowest BCUT2D eigenvalue weighted by molar-refractivity contribution is 0.181. The van der Waals surface area contributed by atoms with Gasteiger partial charge in [0.2, 0.25) is 0 Å². The Labute approximate surface area is 81.2 Å². The molecular formula is C11H21NO. The monoisotopic (exact) mass is 183 g/mol. The zero-order chi connectivity index (χ0) is 9.73. The van der Waals surface area contributed by atoms with Crippen LogP contribution in [-0.2, 0) is 0 Å². The summed E-state index contributed by atoms with van der Waals surface area (Å²) in [6, 6.07) is 0. The first-order chi connectivity index (χ1) is 6.14. The van der Waals surface area contributed by atoms with Gasteiger partial charge in [-0.05, 0) is 18.3 Å². The van der Waals surface area contributed by atoms with E-state index in [4.69, 9.17) is 5.11 Å². The van der Waals surface area contributed by atoms with Crippen molar-refractivity contribution in [2.75, 3.05) is 26.2 Å². The van der Waals surface area contributed by atoms with E-state index in [0.717, 1.165) is 32.5 Å². The molecule has 0 aromatic rings. The van der Waals surface area contributed by atoms with E-state index in [1.807, 2.05) is 0 Å².